The predicted octanol–water partition coefficient (Wildman–Crippen LogP) is 4.27. The Kier molecular flexibility index (Phi) is 5.72. The second-order valence-electron chi connectivity index (χ2n) is 6.44. The van der Waals surface area contributed by atoms with Crippen LogP contribution in [-0.2, 0) is 16.1 Å². The van der Waals surface area contributed by atoms with Crippen molar-refractivity contribution in [3.05, 3.63) is 69.0 Å². The van der Waals surface area contributed by atoms with Gasteiger partial charge in [0.05, 0.1) is 22.5 Å². The minimum atomic E-state index is -1.15. The van der Waals surface area contributed by atoms with Crippen LogP contribution in [0.5, 0.6) is 0 Å². The molecule has 0 atom stereocenters. The van der Waals surface area contributed by atoms with Gasteiger partial charge in [-0.2, -0.15) is 0 Å². The number of thiocarbonyl (C=S) groups is 1. The molecule has 0 spiro atoms. The first-order valence-corrected chi connectivity index (χ1v) is 10.7. The normalized spacial score (nSPS) is 15.5. The number of aromatic nitrogens is 2. The quantitative estimate of drug-likeness (QED) is 0.412. The topological polar surface area (TPSA) is 75.4 Å². The average molecular weight is 506 g/mol. The maximum absolute atomic E-state index is 14.4. The molecule has 1 saturated heterocycles. The Bertz CT molecular complexity index is 1240. The summed E-state index contributed by atoms with van der Waals surface area (Å²) in [6, 6.07) is 12.2. The van der Waals surface area contributed by atoms with Gasteiger partial charge in [0.1, 0.15) is 22.5 Å². The van der Waals surface area contributed by atoms with E-state index in [-0.39, 0.29) is 21.6 Å². The van der Waals surface area contributed by atoms with E-state index >= 15 is 0 Å². The highest BCUT2D eigenvalue weighted by Gasteiger charge is 2.33. The van der Waals surface area contributed by atoms with Crippen LogP contribution in [0.1, 0.15) is 11.4 Å². The predicted molar refractivity (Wildman–Crippen MR) is 120 cm³/mol. The third-order valence-corrected chi connectivity index (χ3v) is 6.33. The smallest absolute Gasteiger partial charge is 0.323 e. The van der Waals surface area contributed by atoms with Gasteiger partial charge in [-0.15, -0.1) is 0 Å². The van der Waals surface area contributed by atoms with Crippen molar-refractivity contribution in [1.82, 2.24) is 14.5 Å². The molecule has 0 saturated carbocycles. The van der Waals surface area contributed by atoms with Crippen molar-refractivity contribution in [2.75, 3.05) is 6.54 Å². The number of carboxylic acids is 1. The summed E-state index contributed by atoms with van der Waals surface area (Å²) in [5.41, 5.74) is 1.95. The van der Waals surface area contributed by atoms with Crippen LogP contribution < -0.4 is 0 Å². The zero-order valence-electron chi connectivity index (χ0n) is 15.2. The Balaban J connectivity index is 1.77. The minimum Gasteiger partial charge on any atom is -0.480 e. The Morgan fingerprint density at radius 2 is 2.07 bits per heavy atom. The highest BCUT2D eigenvalue weighted by molar-refractivity contribution is 9.10. The van der Waals surface area contributed by atoms with Gasteiger partial charge < -0.3 is 9.67 Å². The van der Waals surface area contributed by atoms with Crippen LogP contribution in [-0.4, -0.2) is 42.3 Å². The van der Waals surface area contributed by atoms with Crippen LogP contribution in [0, 0.1) is 5.82 Å². The molecular weight excluding hydrogens is 493 g/mol. The summed E-state index contributed by atoms with van der Waals surface area (Å²) >= 11 is 9.42. The summed E-state index contributed by atoms with van der Waals surface area (Å²) in [5, 5.41) is 9.00. The number of amides is 1. The molecule has 1 aliphatic heterocycles. The van der Waals surface area contributed by atoms with Gasteiger partial charge in [0, 0.05) is 16.1 Å². The third kappa shape index (κ3) is 4.03. The van der Waals surface area contributed by atoms with Crippen LogP contribution >= 0.6 is 39.9 Å². The number of fused-ring (bicyclic) bond motifs is 1. The number of nitrogens with zero attached hydrogens (tertiary/aromatic N) is 3. The Labute approximate surface area is 188 Å². The number of hydrogen-bond acceptors (Lipinski definition) is 5. The molecule has 10 heteroatoms. The van der Waals surface area contributed by atoms with Gasteiger partial charge in [-0.3, -0.25) is 14.5 Å². The molecule has 0 bridgehead atoms. The van der Waals surface area contributed by atoms with E-state index in [1.54, 1.807) is 18.2 Å². The molecule has 2 heterocycles. The van der Waals surface area contributed by atoms with E-state index in [1.165, 1.54) is 6.07 Å². The number of imidazole rings is 1. The number of carbonyl (C=O) groups is 2. The first-order valence-electron chi connectivity index (χ1n) is 8.70. The van der Waals surface area contributed by atoms with E-state index in [0.29, 0.717) is 21.4 Å². The molecule has 0 radical (unpaired) electrons. The molecule has 1 fully saturated rings. The first-order chi connectivity index (χ1) is 14.3. The van der Waals surface area contributed by atoms with Crippen molar-refractivity contribution in [1.29, 1.82) is 0 Å². The molecule has 1 aliphatic rings. The number of rotatable bonds is 5. The number of halogens is 2. The summed E-state index contributed by atoms with van der Waals surface area (Å²) in [5.74, 6) is -1.54. The highest BCUT2D eigenvalue weighted by Crippen LogP contribution is 2.33. The maximum atomic E-state index is 14.4. The fraction of sp³-hybridized carbons (Fsp3) is 0.100. The largest absolute Gasteiger partial charge is 0.480 e. The maximum Gasteiger partial charge on any atom is 0.323 e. The summed E-state index contributed by atoms with van der Waals surface area (Å²) in [7, 11) is 0. The number of benzene rings is 2. The molecule has 3 aromatic rings. The zero-order chi connectivity index (χ0) is 21.4. The molecule has 2 aromatic carbocycles. The molecule has 4 rings (SSSR count). The lowest BCUT2D eigenvalue weighted by Gasteiger charge is -2.10. The summed E-state index contributed by atoms with van der Waals surface area (Å²) in [6.07, 6.45) is 1.57. The number of hydrogen-bond donors (Lipinski definition) is 1. The molecule has 0 aliphatic carbocycles. The molecule has 1 amide bonds. The second-order valence-corrected chi connectivity index (χ2v) is 9.03. The van der Waals surface area contributed by atoms with Gasteiger partial charge in [-0.1, -0.05) is 58.1 Å². The molecule has 1 aromatic heterocycles. The standard InChI is InChI=1S/C20H13BrFN3O3S2/c21-12-6-5-11(13(22)7-12)9-24-15-4-2-1-3-14(15)23-17(24)8-16-19(28)25(10-18(26)27)20(29)30-16/h1-8H,9-10H2,(H,26,27)/b16-8-. The molecule has 152 valence electrons. The molecule has 30 heavy (non-hydrogen) atoms. The van der Waals surface area contributed by atoms with Gasteiger partial charge in [-0.05, 0) is 24.3 Å². The fourth-order valence-corrected chi connectivity index (χ4v) is 4.64. The van der Waals surface area contributed by atoms with Crippen molar-refractivity contribution in [3.8, 4) is 0 Å². The van der Waals surface area contributed by atoms with E-state index in [4.69, 9.17) is 17.3 Å². The number of carbonyl (C=O) groups excluding carboxylic acids is 1. The number of aliphatic carboxylic acids is 1. The lowest BCUT2D eigenvalue weighted by molar-refractivity contribution is -0.140. The van der Waals surface area contributed by atoms with Crippen LogP contribution in [0.2, 0.25) is 0 Å². The second kappa shape index (κ2) is 8.29. The van der Waals surface area contributed by atoms with Crippen LogP contribution in [0.3, 0.4) is 0 Å². The van der Waals surface area contributed by atoms with Gasteiger partial charge in [-0.25, -0.2) is 9.37 Å². The Morgan fingerprint density at radius 3 is 2.80 bits per heavy atom. The van der Waals surface area contributed by atoms with Crippen LogP contribution in [0.4, 0.5) is 4.39 Å². The van der Waals surface area contributed by atoms with Gasteiger partial charge in [0.2, 0.25) is 0 Å². The zero-order valence-corrected chi connectivity index (χ0v) is 18.4. The van der Waals surface area contributed by atoms with E-state index in [2.05, 4.69) is 20.9 Å². The van der Waals surface area contributed by atoms with Crippen LogP contribution in [0.25, 0.3) is 17.1 Å². The Morgan fingerprint density at radius 1 is 1.30 bits per heavy atom. The summed E-state index contributed by atoms with van der Waals surface area (Å²) < 4.78 is 17.1. The van der Waals surface area contributed by atoms with Crippen LogP contribution in [0.15, 0.2) is 51.8 Å². The third-order valence-electron chi connectivity index (χ3n) is 4.45. The monoisotopic (exact) mass is 505 g/mol. The van der Waals surface area contributed by atoms with Crippen molar-refractivity contribution in [2.24, 2.45) is 0 Å². The molecule has 6 nitrogen and oxygen atoms in total. The van der Waals surface area contributed by atoms with Gasteiger partial charge in [0.25, 0.3) is 5.91 Å². The number of thioether (sulfide) groups is 1. The van der Waals surface area contributed by atoms with Gasteiger partial charge in [0.15, 0.2) is 0 Å². The fourth-order valence-electron chi connectivity index (χ4n) is 3.08. The number of para-hydroxylation sites is 2. The number of carboxylic acid groups (broad SMARTS) is 1. The van der Waals surface area contributed by atoms with Crippen molar-refractivity contribution in [2.45, 2.75) is 6.54 Å². The molecule has 1 N–H and O–H groups in total. The van der Waals surface area contributed by atoms with E-state index in [0.717, 1.165) is 22.2 Å². The van der Waals surface area contributed by atoms with Crippen molar-refractivity contribution < 1.29 is 19.1 Å². The lowest BCUT2D eigenvalue weighted by Crippen LogP contribution is -2.33. The average Bonchev–Trinajstić information content (AvgIpc) is 3.16. The van der Waals surface area contributed by atoms with E-state index in [1.807, 2.05) is 28.8 Å². The first kappa shape index (κ1) is 20.7. The van der Waals surface area contributed by atoms with Crippen molar-refractivity contribution in [3.63, 3.8) is 0 Å². The molecular formula is C20H13BrFN3O3S2. The van der Waals surface area contributed by atoms with Crippen molar-refractivity contribution >= 4 is 73.2 Å². The summed E-state index contributed by atoms with van der Waals surface area (Å²) in [4.78, 5) is 29.5. The molecule has 0 unspecified atom stereocenters. The van der Waals surface area contributed by atoms with Gasteiger partial charge >= 0.3 is 5.97 Å². The van der Waals surface area contributed by atoms with E-state index in [9.17, 15) is 14.0 Å². The Hall–Kier alpha value is -2.56. The lowest BCUT2D eigenvalue weighted by atomic mass is 10.2. The summed E-state index contributed by atoms with van der Waals surface area (Å²) in [6.45, 7) is -0.288. The van der Waals surface area contributed by atoms with E-state index < -0.39 is 18.4 Å². The highest BCUT2D eigenvalue weighted by atomic mass is 79.9. The minimum absolute atomic E-state index is 0.176. The SMILES string of the molecule is O=C(O)CN1C(=O)/C(=C/c2nc3ccccc3n2Cc2ccc(Br)cc2F)SC1=S.